The van der Waals surface area contributed by atoms with E-state index in [0.29, 0.717) is 17.4 Å². The number of pyridine rings is 1. The van der Waals surface area contributed by atoms with E-state index in [9.17, 15) is 9.90 Å². The predicted molar refractivity (Wildman–Crippen MR) is 73.6 cm³/mol. The smallest absolute Gasteiger partial charge is 0.339 e. The summed E-state index contributed by atoms with van der Waals surface area (Å²) in [5.74, 6) is -0.328. The first-order valence-electron chi connectivity index (χ1n) is 7.00. The molecule has 1 heterocycles. The molecule has 2 aliphatic carbocycles. The van der Waals surface area contributed by atoms with E-state index in [-0.39, 0.29) is 5.41 Å². The molecule has 1 aromatic heterocycles. The van der Waals surface area contributed by atoms with Crippen LogP contribution in [0, 0.1) is 5.41 Å². The van der Waals surface area contributed by atoms with Crippen LogP contribution in [0.15, 0.2) is 6.07 Å². The molecule has 0 amide bonds. The Balaban J connectivity index is 1.94. The van der Waals surface area contributed by atoms with Gasteiger partial charge < -0.3 is 10.4 Å². The Kier molecular flexibility index (Phi) is 2.77. The van der Waals surface area contributed by atoms with Crippen LogP contribution in [0.3, 0.4) is 0 Å². The molecular formula is C15H20N2O2. The van der Waals surface area contributed by atoms with Crippen molar-refractivity contribution in [1.29, 1.82) is 0 Å². The van der Waals surface area contributed by atoms with E-state index >= 15 is 0 Å². The number of carboxylic acids is 1. The topological polar surface area (TPSA) is 62.2 Å². The fourth-order valence-corrected chi connectivity index (χ4v) is 2.79. The summed E-state index contributed by atoms with van der Waals surface area (Å²) in [5, 5.41) is 12.7. The Morgan fingerprint density at radius 1 is 1.42 bits per heavy atom. The standard InChI is InChI=1S/C15H20N2O2/c1-15(2)8-12(15)17-13-10(14(18)19)7-9-5-3-4-6-11(9)16-13/h7,12H,3-6,8H2,1-2H3,(H,16,17)(H,18,19). The van der Waals surface area contributed by atoms with Gasteiger partial charge in [0.1, 0.15) is 11.4 Å². The van der Waals surface area contributed by atoms with Gasteiger partial charge in [-0.15, -0.1) is 0 Å². The van der Waals surface area contributed by atoms with Crippen molar-refractivity contribution in [3.63, 3.8) is 0 Å². The molecule has 19 heavy (non-hydrogen) atoms. The maximum Gasteiger partial charge on any atom is 0.339 e. The highest BCUT2D eigenvalue weighted by molar-refractivity contribution is 5.93. The summed E-state index contributed by atoms with van der Waals surface area (Å²) in [6.45, 7) is 4.37. The monoisotopic (exact) mass is 260 g/mol. The molecule has 4 heteroatoms. The van der Waals surface area contributed by atoms with Crippen molar-refractivity contribution in [3.05, 3.63) is 22.9 Å². The van der Waals surface area contributed by atoms with Crippen LogP contribution >= 0.6 is 0 Å². The maximum atomic E-state index is 11.4. The number of anilines is 1. The number of nitrogens with zero attached hydrogens (tertiary/aromatic N) is 1. The first-order valence-corrected chi connectivity index (χ1v) is 7.00. The molecule has 0 aromatic carbocycles. The molecule has 102 valence electrons. The van der Waals surface area contributed by atoms with Crippen LogP contribution in [0.5, 0.6) is 0 Å². The second-order valence-corrected chi connectivity index (χ2v) is 6.39. The normalized spacial score (nSPS) is 23.6. The Labute approximate surface area is 113 Å². The number of hydrogen-bond donors (Lipinski definition) is 2. The van der Waals surface area contributed by atoms with Crippen LogP contribution in [0.4, 0.5) is 5.82 Å². The number of nitrogens with one attached hydrogen (secondary N) is 1. The molecule has 0 radical (unpaired) electrons. The van der Waals surface area contributed by atoms with Crippen molar-refractivity contribution < 1.29 is 9.90 Å². The molecule has 1 aromatic rings. The molecule has 1 atom stereocenters. The molecular weight excluding hydrogens is 240 g/mol. The van der Waals surface area contributed by atoms with Crippen molar-refractivity contribution in [2.24, 2.45) is 5.41 Å². The van der Waals surface area contributed by atoms with Gasteiger partial charge in [0.2, 0.25) is 0 Å². The second kappa shape index (κ2) is 4.22. The molecule has 4 nitrogen and oxygen atoms in total. The van der Waals surface area contributed by atoms with Crippen molar-refractivity contribution in [1.82, 2.24) is 4.98 Å². The van der Waals surface area contributed by atoms with E-state index in [1.54, 1.807) is 0 Å². The third-order valence-electron chi connectivity index (χ3n) is 4.36. The van der Waals surface area contributed by atoms with E-state index in [4.69, 9.17) is 0 Å². The second-order valence-electron chi connectivity index (χ2n) is 6.39. The summed E-state index contributed by atoms with van der Waals surface area (Å²) in [4.78, 5) is 16.0. The Bertz CT molecular complexity index is 537. The van der Waals surface area contributed by atoms with E-state index < -0.39 is 5.97 Å². The van der Waals surface area contributed by atoms with Crippen LogP contribution < -0.4 is 5.32 Å². The van der Waals surface area contributed by atoms with Gasteiger partial charge in [-0.2, -0.15) is 0 Å². The van der Waals surface area contributed by atoms with Gasteiger partial charge in [0.15, 0.2) is 0 Å². The number of fused-ring (bicyclic) bond motifs is 1. The third kappa shape index (κ3) is 2.31. The summed E-state index contributed by atoms with van der Waals surface area (Å²) in [6.07, 6.45) is 5.29. The fourth-order valence-electron chi connectivity index (χ4n) is 2.79. The summed E-state index contributed by atoms with van der Waals surface area (Å²) in [7, 11) is 0. The van der Waals surface area contributed by atoms with Gasteiger partial charge in [-0.3, -0.25) is 0 Å². The molecule has 2 aliphatic rings. The lowest BCUT2D eigenvalue weighted by atomic mass is 9.94. The van der Waals surface area contributed by atoms with Crippen molar-refractivity contribution in [2.45, 2.75) is 52.0 Å². The van der Waals surface area contributed by atoms with Gasteiger partial charge in [-0.1, -0.05) is 13.8 Å². The minimum Gasteiger partial charge on any atom is -0.478 e. The van der Waals surface area contributed by atoms with Gasteiger partial charge in [0.05, 0.1) is 0 Å². The van der Waals surface area contributed by atoms with E-state index in [1.165, 1.54) is 0 Å². The number of aromatic carboxylic acids is 1. The van der Waals surface area contributed by atoms with Crippen LogP contribution in [-0.2, 0) is 12.8 Å². The number of carbonyl (C=O) groups is 1. The molecule has 1 saturated carbocycles. The Morgan fingerprint density at radius 2 is 2.11 bits per heavy atom. The van der Waals surface area contributed by atoms with E-state index in [1.807, 2.05) is 6.07 Å². The van der Waals surface area contributed by atoms with Crippen molar-refractivity contribution in [3.8, 4) is 0 Å². The van der Waals surface area contributed by atoms with Gasteiger partial charge in [0, 0.05) is 11.7 Å². The lowest BCUT2D eigenvalue weighted by molar-refractivity contribution is 0.0697. The average molecular weight is 260 g/mol. The minimum atomic E-state index is -0.887. The molecule has 3 rings (SSSR count). The summed E-state index contributed by atoms with van der Waals surface area (Å²) in [5.41, 5.74) is 2.78. The van der Waals surface area contributed by atoms with Crippen LogP contribution in [0.1, 0.15) is 54.7 Å². The number of aryl methyl sites for hydroxylation is 2. The van der Waals surface area contributed by atoms with Crippen LogP contribution in [0.25, 0.3) is 0 Å². The SMILES string of the molecule is CC1(C)CC1Nc1nc2c(cc1C(=O)O)CCCC2. The minimum absolute atomic E-state index is 0.257. The summed E-state index contributed by atoms with van der Waals surface area (Å²) >= 11 is 0. The lowest BCUT2D eigenvalue weighted by Gasteiger charge is -2.18. The van der Waals surface area contributed by atoms with Crippen molar-refractivity contribution >= 4 is 11.8 Å². The molecule has 1 unspecified atom stereocenters. The average Bonchev–Trinajstić information content (AvgIpc) is 2.95. The number of carboxylic acid groups (broad SMARTS) is 1. The Hall–Kier alpha value is -1.58. The van der Waals surface area contributed by atoms with Gasteiger partial charge >= 0.3 is 5.97 Å². The first kappa shape index (κ1) is 12.5. The zero-order valence-corrected chi connectivity index (χ0v) is 11.5. The van der Waals surface area contributed by atoms with Gasteiger partial charge in [-0.05, 0) is 49.1 Å². The number of hydrogen-bond acceptors (Lipinski definition) is 3. The molecule has 0 spiro atoms. The number of aromatic nitrogens is 1. The van der Waals surface area contributed by atoms with Gasteiger partial charge in [0.25, 0.3) is 0 Å². The largest absolute Gasteiger partial charge is 0.478 e. The lowest BCUT2D eigenvalue weighted by Crippen LogP contribution is -2.17. The zero-order valence-electron chi connectivity index (χ0n) is 11.5. The highest BCUT2D eigenvalue weighted by Crippen LogP contribution is 2.46. The molecule has 0 aliphatic heterocycles. The molecule has 0 saturated heterocycles. The van der Waals surface area contributed by atoms with E-state index in [0.717, 1.165) is 43.4 Å². The predicted octanol–water partition coefficient (Wildman–Crippen LogP) is 2.87. The molecule has 2 N–H and O–H groups in total. The van der Waals surface area contributed by atoms with Gasteiger partial charge in [-0.25, -0.2) is 9.78 Å². The highest BCUT2D eigenvalue weighted by atomic mass is 16.4. The van der Waals surface area contributed by atoms with Crippen molar-refractivity contribution in [2.75, 3.05) is 5.32 Å². The Morgan fingerprint density at radius 3 is 2.74 bits per heavy atom. The van der Waals surface area contributed by atoms with Crippen LogP contribution in [0.2, 0.25) is 0 Å². The van der Waals surface area contributed by atoms with Crippen LogP contribution in [-0.4, -0.2) is 22.1 Å². The highest BCUT2D eigenvalue weighted by Gasteiger charge is 2.46. The number of rotatable bonds is 3. The zero-order chi connectivity index (χ0) is 13.6. The quantitative estimate of drug-likeness (QED) is 0.877. The van der Waals surface area contributed by atoms with E-state index in [2.05, 4.69) is 24.1 Å². The first-order chi connectivity index (χ1) is 8.97. The molecule has 1 fully saturated rings. The summed E-state index contributed by atoms with van der Waals surface area (Å²) in [6, 6.07) is 2.17. The fraction of sp³-hybridized carbons (Fsp3) is 0.600. The third-order valence-corrected chi connectivity index (χ3v) is 4.36. The summed E-state index contributed by atoms with van der Waals surface area (Å²) < 4.78 is 0. The molecule has 0 bridgehead atoms. The maximum absolute atomic E-state index is 11.4.